The lowest BCUT2D eigenvalue weighted by atomic mass is 10.1. The molecule has 124 valence electrons. The molecule has 1 atom stereocenters. The number of carbonyl (C=O) groups excluding carboxylic acids is 1. The lowest BCUT2D eigenvalue weighted by Crippen LogP contribution is -2.44. The van der Waals surface area contributed by atoms with Crippen molar-refractivity contribution in [3.63, 3.8) is 0 Å². The van der Waals surface area contributed by atoms with E-state index < -0.39 is 6.10 Å². The predicted octanol–water partition coefficient (Wildman–Crippen LogP) is 2.87. The number of aliphatic hydroxyl groups excluding tert-OH is 1. The number of hydrogen-bond acceptors (Lipinski definition) is 5. The van der Waals surface area contributed by atoms with Gasteiger partial charge in [0.15, 0.2) is 0 Å². The van der Waals surface area contributed by atoms with Crippen LogP contribution in [0.2, 0.25) is 0 Å². The maximum absolute atomic E-state index is 11.9. The van der Waals surface area contributed by atoms with Crippen molar-refractivity contribution in [1.82, 2.24) is 10.6 Å². The molecule has 1 fully saturated rings. The standard InChI is InChI=1S/C16H20N2O3S2/c19-15(11-5-8-22-10-11)14-2-1-13(23-14)9-17-16(20)18-12-3-6-21-7-4-12/h1-2,5,8,10,12,15,19H,3-4,6-7,9H2,(H2,17,18,20)/t15-/m1/s1. The van der Waals surface area contributed by atoms with Gasteiger partial charge in [0, 0.05) is 29.0 Å². The van der Waals surface area contributed by atoms with Crippen LogP contribution in [0.1, 0.15) is 34.3 Å². The molecule has 0 spiro atoms. The van der Waals surface area contributed by atoms with Gasteiger partial charge in [-0.25, -0.2) is 4.79 Å². The van der Waals surface area contributed by atoms with Crippen molar-refractivity contribution in [2.45, 2.75) is 31.5 Å². The van der Waals surface area contributed by atoms with Gasteiger partial charge in [-0.2, -0.15) is 11.3 Å². The summed E-state index contributed by atoms with van der Waals surface area (Å²) in [5.41, 5.74) is 0.911. The van der Waals surface area contributed by atoms with Gasteiger partial charge in [-0.3, -0.25) is 0 Å². The molecule has 0 aromatic carbocycles. The number of nitrogens with one attached hydrogen (secondary N) is 2. The summed E-state index contributed by atoms with van der Waals surface area (Å²) in [4.78, 5) is 13.8. The van der Waals surface area contributed by atoms with E-state index in [4.69, 9.17) is 4.74 Å². The Balaban J connectivity index is 1.48. The summed E-state index contributed by atoms with van der Waals surface area (Å²) < 4.78 is 5.27. The van der Waals surface area contributed by atoms with E-state index in [1.165, 1.54) is 11.3 Å². The average molecular weight is 352 g/mol. The maximum atomic E-state index is 11.9. The molecule has 1 aliphatic rings. The summed E-state index contributed by atoms with van der Waals surface area (Å²) in [5, 5.41) is 20.0. The second-order valence-electron chi connectivity index (χ2n) is 5.48. The molecule has 2 aromatic heterocycles. The van der Waals surface area contributed by atoms with Crippen LogP contribution in [0.25, 0.3) is 0 Å². The molecule has 0 aliphatic carbocycles. The molecule has 0 bridgehead atoms. The number of thiophene rings is 2. The number of ether oxygens (including phenoxy) is 1. The third-order valence-electron chi connectivity index (χ3n) is 3.79. The molecule has 0 unspecified atom stereocenters. The van der Waals surface area contributed by atoms with E-state index in [1.54, 1.807) is 11.3 Å². The molecule has 2 amide bonds. The monoisotopic (exact) mass is 352 g/mol. The molecule has 0 radical (unpaired) electrons. The Labute approximate surface area is 143 Å². The number of urea groups is 1. The maximum Gasteiger partial charge on any atom is 0.315 e. The number of aliphatic hydroxyl groups is 1. The van der Waals surface area contributed by atoms with Gasteiger partial charge in [0.1, 0.15) is 6.10 Å². The van der Waals surface area contributed by atoms with E-state index >= 15 is 0 Å². The molecule has 23 heavy (non-hydrogen) atoms. The Morgan fingerprint density at radius 1 is 1.35 bits per heavy atom. The van der Waals surface area contributed by atoms with Gasteiger partial charge in [0.05, 0.1) is 6.54 Å². The van der Waals surface area contributed by atoms with Crippen LogP contribution in [0.4, 0.5) is 4.79 Å². The first-order valence-corrected chi connectivity index (χ1v) is 9.39. The van der Waals surface area contributed by atoms with Crippen molar-refractivity contribution in [2.24, 2.45) is 0 Å². The van der Waals surface area contributed by atoms with Crippen LogP contribution in [0.5, 0.6) is 0 Å². The first-order chi connectivity index (χ1) is 11.2. The third-order valence-corrected chi connectivity index (χ3v) is 5.63. The summed E-state index contributed by atoms with van der Waals surface area (Å²) in [5.74, 6) is 0. The van der Waals surface area contributed by atoms with E-state index in [9.17, 15) is 9.90 Å². The molecule has 5 nitrogen and oxygen atoms in total. The minimum Gasteiger partial charge on any atom is -0.383 e. The van der Waals surface area contributed by atoms with E-state index in [0.29, 0.717) is 19.8 Å². The summed E-state index contributed by atoms with van der Waals surface area (Å²) in [6.07, 6.45) is 1.14. The van der Waals surface area contributed by atoms with E-state index in [1.807, 2.05) is 29.0 Å². The number of carbonyl (C=O) groups is 1. The molecule has 1 saturated heterocycles. The quantitative estimate of drug-likeness (QED) is 0.775. The molecule has 3 rings (SSSR count). The highest BCUT2D eigenvalue weighted by atomic mass is 32.1. The highest BCUT2D eigenvalue weighted by molar-refractivity contribution is 7.12. The predicted molar refractivity (Wildman–Crippen MR) is 91.9 cm³/mol. The zero-order chi connectivity index (χ0) is 16.1. The molecular formula is C16H20N2O3S2. The smallest absolute Gasteiger partial charge is 0.315 e. The van der Waals surface area contributed by atoms with E-state index in [0.717, 1.165) is 28.2 Å². The van der Waals surface area contributed by atoms with Crippen LogP contribution >= 0.6 is 22.7 Å². The number of hydrogen-bond donors (Lipinski definition) is 3. The van der Waals surface area contributed by atoms with Crippen molar-refractivity contribution in [2.75, 3.05) is 13.2 Å². The van der Waals surface area contributed by atoms with Gasteiger partial charge < -0.3 is 20.5 Å². The van der Waals surface area contributed by atoms with Gasteiger partial charge in [-0.05, 0) is 47.4 Å². The lowest BCUT2D eigenvalue weighted by Gasteiger charge is -2.23. The fourth-order valence-corrected chi connectivity index (χ4v) is 4.12. The minimum atomic E-state index is -0.587. The topological polar surface area (TPSA) is 70.6 Å². The second-order valence-corrected chi connectivity index (χ2v) is 7.46. The molecule has 3 N–H and O–H groups in total. The van der Waals surface area contributed by atoms with Crippen LogP contribution in [0.3, 0.4) is 0 Å². The summed E-state index contributed by atoms with van der Waals surface area (Å²) in [6, 6.07) is 5.84. The van der Waals surface area contributed by atoms with Gasteiger partial charge in [0.25, 0.3) is 0 Å². The number of rotatable bonds is 5. The zero-order valence-electron chi connectivity index (χ0n) is 12.7. The van der Waals surface area contributed by atoms with Gasteiger partial charge in [0.2, 0.25) is 0 Å². The SMILES string of the molecule is O=C(NCc1ccc([C@H](O)c2ccsc2)s1)NC1CCOCC1. The average Bonchev–Trinajstić information content (AvgIpc) is 3.25. The van der Waals surface area contributed by atoms with Crippen LogP contribution in [-0.2, 0) is 11.3 Å². The van der Waals surface area contributed by atoms with Crippen molar-refractivity contribution in [1.29, 1.82) is 0 Å². The molecule has 1 aliphatic heterocycles. The zero-order valence-corrected chi connectivity index (χ0v) is 14.3. The molecular weight excluding hydrogens is 332 g/mol. The third kappa shape index (κ3) is 4.54. The Morgan fingerprint density at radius 2 is 2.17 bits per heavy atom. The summed E-state index contributed by atoms with van der Waals surface area (Å²) >= 11 is 3.09. The van der Waals surface area contributed by atoms with Gasteiger partial charge in [-0.15, -0.1) is 11.3 Å². The second kappa shape index (κ2) is 7.92. The fraction of sp³-hybridized carbons (Fsp3) is 0.438. The molecule has 7 heteroatoms. The molecule has 0 saturated carbocycles. The highest BCUT2D eigenvalue weighted by Crippen LogP contribution is 2.29. The Hall–Kier alpha value is -1.41. The Kier molecular flexibility index (Phi) is 5.66. The molecule has 3 heterocycles. The summed E-state index contributed by atoms with van der Waals surface area (Å²) in [6.45, 7) is 1.88. The van der Waals surface area contributed by atoms with E-state index in [2.05, 4.69) is 10.6 Å². The van der Waals surface area contributed by atoms with Crippen LogP contribution in [0.15, 0.2) is 29.0 Å². The highest BCUT2D eigenvalue weighted by Gasteiger charge is 2.16. The van der Waals surface area contributed by atoms with Crippen LogP contribution < -0.4 is 10.6 Å². The van der Waals surface area contributed by atoms with Gasteiger partial charge >= 0.3 is 6.03 Å². The lowest BCUT2D eigenvalue weighted by molar-refractivity contribution is 0.0801. The van der Waals surface area contributed by atoms with Crippen molar-refractivity contribution < 1.29 is 14.6 Å². The van der Waals surface area contributed by atoms with Crippen molar-refractivity contribution in [3.8, 4) is 0 Å². The van der Waals surface area contributed by atoms with Gasteiger partial charge in [-0.1, -0.05) is 0 Å². The summed E-state index contributed by atoms with van der Waals surface area (Å²) in [7, 11) is 0. The Bertz CT molecular complexity index is 621. The van der Waals surface area contributed by atoms with Crippen LogP contribution in [0, 0.1) is 0 Å². The van der Waals surface area contributed by atoms with Crippen molar-refractivity contribution in [3.05, 3.63) is 44.3 Å². The van der Waals surface area contributed by atoms with Crippen molar-refractivity contribution >= 4 is 28.7 Å². The van der Waals surface area contributed by atoms with E-state index in [-0.39, 0.29) is 12.1 Å². The largest absolute Gasteiger partial charge is 0.383 e. The van der Waals surface area contributed by atoms with Crippen LogP contribution in [-0.4, -0.2) is 30.4 Å². The first kappa shape index (κ1) is 16.4. The Morgan fingerprint density at radius 3 is 2.91 bits per heavy atom. The first-order valence-electron chi connectivity index (χ1n) is 7.63. The number of amides is 2. The minimum absolute atomic E-state index is 0.148. The normalized spacial score (nSPS) is 16.9. The molecule has 2 aromatic rings. The fourth-order valence-electron chi connectivity index (χ4n) is 2.48.